The van der Waals surface area contributed by atoms with E-state index in [1.165, 1.54) is 4.88 Å². The number of rotatable bonds is 10. The van der Waals surface area contributed by atoms with Gasteiger partial charge in [0.1, 0.15) is 5.75 Å². The molecule has 165 valence electrons. The third-order valence-corrected chi connectivity index (χ3v) is 6.77. The molecule has 32 heavy (non-hydrogen) atoms. The number of hydrogen-bond donors (Lipinski definition) is 2. The van der Waals surface area contributed by atoms with Gasteiger partial charge in [0.2, 0.25) is 5.91 Å². The van der Waals surface area contributed by atoms with Gasteiger partial charge in [-0.05, 0) is 29.7 Å². The van der Waals surface area contributed by atoms with Gasteiger partial charge in [-0.3, -0.25) is 4.79 Å². The van der Waals surface area contributed by atoms with Crippen molar-refractivity contribution in [3.63, 3.8) is 0 Å². The number of hydrogen-bond acceptors (Lipinski definition) is 4. The first-order valence-electron chi connectivity index (χ1n) is 10.9. The molecule has 4 nitrogen and oxygen atoms in total. The summed E-state index contributed by atoms with van der Waals surface area (Å²) < 4.78 is 6.00. The van der Waals surface area contributed by atoms with Crippen molar-refractivity contribution in [2.75, 3.05) is 13.2 Å². The fourth-order valence-electron chi connectivity index (χ4n) is 4.11. The SMILES string of the molecule is O=C1NC[C@H](COc2ccc(C(O)Cc3ccccc3)cc2)[C@H]1CCCc1cc[c-]s1.[Y]. The third kappa shape index (κ3) is 6.98. The van der Waals surface area contributed by atoms with Crippen LogP contribution in [0.15, 0.2) is 66.7 Å². The number of carbonyl (C=O) groups excluding carboxylic acids is 1. The average Bonchev–Trinajstić information content (AvgIpc) is 3.44. The van der Waals surface area contributed by atoms with Crippen LogP contribution in [0.3, 0.4) is 0 Å². The summed E-state index contributed by atoms with van der Waals surface area (Å²) in [6.45, 7) is 1.19. The second kappa shape index (κ2) is 12.6. The number of aliphatic hydroxyl groups excluding tert-OH is 1. The van der Waals surface area contributed by atoms with Crippen LogP contribution in [-0.2, 0) is 50.3 Å². The molecule has 1 aliphatic rings. The number of thiophene rings is 1. The molecule has 4 rings (SSSR count). The summed E-state index contributed by atoms with van der Waals surface area (Å²) in [6.07, 6.45) is 2.91. The molecule has 1 amide bonds. The van der Waals surface area contributed by atoms with Gasteiger partial charge in [0.25, 0.3) is 0 Å². The Morgan fingerprint density at radius 1 is 1.12 bits per heavy atom. The molecular weight excluding hydrogens is 495 g/mol. The van der Waals surface area contributed by atoms with Gasteiger partial charge in [-0.1, -0.05) is 55.3 Å². The largest absolute Gasteiger partial charge is 0.493 e. The average molecular weight is 523 g/mol. The molecule has 3 aromatic rings. The van der Waals surface area contributed by atoms with Crippen molar-refractivity contribution in [3.8, 4) is 5.75 Å². The molecule has 1 radical (unpaired) electrons. The van der Waals surface area contributed by atoms with E-state index in [-0.39, 0.29) is 50.5 Å². The van der Waals surface area contributed by atoms with Gasteiger partial charge in [0.05, 0.1) is 12.7 Å². The van der Waals surface area contributed by atoms with E-state index in [0.29, 0.717) is 19.6 Å². The van der Waals surface area contributed by atoms with E-state index in [0.717, 1.165) is 36.1 Å². The Bertz CT molecular complexity index is 947. The van der Waals surface area contributed by atoms with Crippen molar-refractivity contribution in [1.82, 2.24) is 5.32 Å². The van der Waals surface area contributed by atoms with Crippen LogP contribution in [0.25, 0.3) is 0 Å². The molecule has 6 heteroatoms. The van der Waals surface area contributed by atoms with Gasteiger partial charge in [0.15, 0.2) is 0 Å². The van der Waals surface area contributed by atoms with E-state index in [4.69, 9.17) is 4.74 Å². The zero-order chi connectivity index (χ0) is 21.5. The monoisotopic (exact) mass is 523 g/mol. The fraction of sp³-hybridized carbons (Fsp3) is 0.346. The summed E-state index contributed by atoms with van der Waals surface area (Å²) in [5.74, 6) is 1.11. The molecule has 2 aromatic carbocycles. The summed E-state index contributed by atoms with van der Waals surface area (Å²) in [5.41, 5.74) is 1.98. The summed E-state index contributed by atoms with van der Waals surface area (Å²) in [7, 11) is 0. The number of aliphatic hydroxyl groups is 1. The van der Waals surface area contributed by atoms with Crippen molar-refractivity contribution in [3.05, 3.63) is 88.1 Å². The van der Waals surface area contributed by atoms with Crippen LogP contribution in [0.1, 0.15) is 34.9 Å². The molecule has 2 heterocycles. The maximum Gasteiger partial charge on any atom is 0.223 e. The zero-order valence-electron chi connectivity index (χ0n) is 18.1. The Balaban J connectivity index is 0.00000289. The van der Waals surface area contributed by atoms with Crippen molar-refractivity contribution >= 4 is 17.2 Å². The van der Waals surface area contributed by atoms with Crippen molar-refractivity contribution in [2.45, 2.75) is 31.8 Å². The quantitative estimate of drug-likeness (QED) is 0.383. The molecular formula is C26H28NO3SY-. The van der Waals surface area contributed by atoms with Crippen LogP contribution in [0.4, 0.5) is 0 Å². The first-order chi connectivity index (χ1) is 15.2. The van der Waals surface area contributed by atoms with Gasteiger partial charge in [-0.2, -0.15) is 6.07 Å². The van der Waals surface area contributed by atoms with Crippen LogP contribution >= 0.6 is 11.3 Å². The molecule has 1 fully saturated rings. The number of ether oxygens (including phenoxy) is 1. The van der Waals surface area contributed by atoms with Crippen LogP contribution in [-0.4, -0.2) is 24.2 Å². The second-order valence-electron chi connectivity index (χ2n) is 8.11. The van der Waals surface area contributed by atoms with Crippen LogP contribution < -0.4 is 10.1 Å². The molecule has 1 aromatic heterocycles. The van der Waals surface area contributed by atoms with E-state index >= 15 is 0 Å². The molecule has 1 aliphatic heterocycles. The topological polar surface area (TPSA) is 58.6 Å². The predicted molar refractivity (Wildman–Crippen MR) is 123 cm³/mol. The summed E-state index contributed by atoms with van der Waals surface area (Å²) in [6, 6.07) is 21.7. The fourth-order valence-corrected chi connectivity index (χ4v) is 4.78. The Morgan fingerprint density at radius 3 is 2.62 bits per heavy atom. The summed E-state index contributed by atoms with van der Waals surface area (Å²) in [4.78, 5) is 13.6. The second-order valence-corrected chi connectivity index (χ2v) is 9.07. The molecule has 3 atom stereocenters. The van der Waals surface area contributed by atoms with E-state index in [1.807, 2.05) is 60.7 Å². The minimum Gasteiger partial charge on any atom is -0.493 e. The first-order valence-corrected chi connectivity index (χ1v) is 11.7. The number of nitrogens with one attached hydrogen (secondary N) is 1. The zero-order valence-corrected chi connectivity index (χ0v) is 21.7. The maximum atomic E-state index is 12.3. The normalized spacial score (nSPS) is 18.6. The van der Waals surface area contributed by atoms with Crippen molar-refractivity contribution < 1.29 is 47.3 Å². The Kier molecular flexibility index (Phi) is 9.92. The van der Waals surface area contributed by atoms with Gasteiger partial charge in [0, 0.05) is 57.5 Å². The van der Waals surface area contributed by atoms with Gasteiger partial charge >= 0.3 is 0 Å². The first kappa shape index (κ1) is 25.1. The molecule has 1 unspecified atom stereocenters. The van der Waals surface area contributed by atoms with Crippen LogP contribution in [0.2, 0.25) is 0 Å². The van der Waals surface area contributed by atoms with Crippen LogP contribution in [0.5, 0.6) is 5.75 Å². The predicted octanol–water partition coefficient (Wildman–Crippen LogP) is 4.59. The molecule has 0 spiro atoms. The molecule has 2 N–H and O–H groups in total. The molecule has 0 saturated carbocycles. The molecule has 0 aliphatic carbocycles. The van der Waals surface area contributed by atoms with Crippen molar-refractivity contribution in [1.29, 1.82) is 0 Å². The standard InChI is InChI=1S/C26H28NO3S.Y/c28-25(16-19-6-2-1-3-7-19)20-11-13-22(14-12-20)30-18-21-17-27-26(29)24(21)10-4-8-23-9-5-15-31-23;/h1-3,5-7,9,11-14,21,24-25,28H,4,8,10,16-18H2,(H,27,29);/q-1;/t21-,24-,25?;/m1./s1. The maximum absolute atomic E-state index is 12.3. The number of carbonyl (C=O) groups is 1. The van der Waals surface area contributed by atoms with E-state index < -0.39 is 6.10 Å². The van der Waals surface area contributed by atoms with Gasteiger partial charge in [-0.25, -0.2) is 6.07 Å². The van der Waals surface area contributed by atoms with E-state index in [1.54, 1.807) is 11.3 Å². The Labute approximate surface area is 219 Å². The summed E-state index contributed by atoms with van der Waals surface area (Å²) in [5, 5.41) is 16.6. The summed E-state index contributed by atoms with van der Waals surface area (Å²) >= 11 is 1.65. The van der Waals surface area contributed by atoms with Gasteiger partial charge in [-0.15, -0.1) is 10.3 Å². The molecule has 1 saturated heterocycles. The minimum atomic E-state index is -0.543. The smallest absolute Gasteiger partial charge is 0.223 e. The van der Waals surface area contributed by atoms with E-state index in [2.05, 4.69) is 16.8 Å². The van der Waals surface area contributed by atoms with Crippen molar-refractivity contribution in [2.24, 2.45) is 11.8 Å². The van der Waals surface area contributed by atoms with E-state index in [9.17, 15) is 9.90 Å². The van der Waals surface area contributed by atoms with Crippen LogP contribution in [0, 0.1) is 17.2 Å². The van der Waals surface area contributed by atoms with Gasteiger partial charge < -0.3 is 26.5 Å². The third-order valence-electron chi connectivity index (χ3n) is 5.91. The number of amides is 1. The number of benzene rings is 2. The Morgan fingerprint density at radius 2 is 1.91 bits per heavy atom. The minimum absolute atomic E-state index is 0. The number of aryl methyl sites for hydroxylation is 1. The Hall–Kier alpha value is -1.53. The molecule has 0 bridgehead atoms.